The number of aromatic nitrogens is 2. The van der Waals surface area contributed by atoms with E-state index >= 15 is 0 Å². The minimum atomic E-state index is -0.272. The van der Waals surface area contributed by atoms with E-state index in [9.17, 15) is 4.79 Å². The van der Waals surface area contributed by atoms with E-state index in [0.29, 0.717) is 6.54 Å². The molecule has 0 aliphatic rings. The van der Waals surface area contributed by atoms with Gasteiger partial charge in [-0.3, -0.25) is 4.79 Å². The van der Waals surface area contributed by atoms with Crippen molar-refractivity contribution in [3.8, 4) is 5.75 Å². The van der Waals surface area contributed by atoms with Gasteiger partial charge in [0.05, 0.1) is 17.1 Å². The summed E-state index contributed by atoms with van der Waals surface area (Å²) < 4.78 is 7.99. The Kier molecular flexibility index (Phi) is 6.97. The first kappa shape index (κ1) is 24.5. The number of rotatable bonds is 7. The Morgan fingerprint density at radius 3 is 2.46 bits per heavy atom. The van der Waals surface area contributed by atoms with Gasteiger partial charge in [0, 0.05) is 6.54 Å². The molecule has 0 spiro atoms. The third-order valence-corrected chi connectivity index (χ3v) is 6.31. The summed E-state index contributed by atoms with van der Waals surface area (Å²) in [5.74, 6) is 1.39. The zero-order valence-corrected chi connectivity index (χ0v) is 21.6. The second-order valence-electron chi connectivity index (χ2n) is 10.3. The second-order valence-corrected chi connectivity index (χ2v) is 10.3. The van der Waals surface area contributed by atoms with Gasteiger partial charge in [0.25, 0.3) is 5.91 Å². The zero-order valence-electron chi connectivity index (χ0n) is 21.6. The number of carbonyl (C=O) groups excluding carboxylic acids is 1. The number of nitrogens with one attached hydrogen (secondary N) is 1. The number of para-hydroxylation sites is 2. The predicted molar refractivity (Wildman–Crippen MR) is 142 cm³/mol. The Labute approximate surface area is 208 Å². The molecule has 4 aromatic rings. The number of ether oxygens (including phenoxy) is 1. The molecule has 1 atom stereocenters. The molecule has 1 N–H and O–H groups in total. The molecule has 1 amide bonds. The molecule has 1 unspecified atom stereocenters. The van der Waals surface area contributed by atoms with Crippen LogP contribution < -0.4 is 10.1 Å². The highest BCUT2D eigenvalue weighted by molar-refractivity contribution is 5.79. The van der Waals surface area contributed by atoms with Gasteiger partial charge >= 0.3 is 0 Å². The molecule has 35 heavy (non-hydrogen) atoms. The van der Waals surface area contributed by atoms with Gasteiger partial charge in [-0.05, 0) is 66.6 Å². The van der Waals surface area contributed by atoms with Gasteiger partial charge in [-0.15, -0.1) is 0 Å². The number of aryl methyl sites for hydroxylation is 2. The molecule has 4 rings (SSSR count). The Bertz CT molecular complexity index is 1330. The van der Waals surface area contributed by atoms with Crippen LogP contribution in [0.4, 0.5) is 0 Å². The largest absolute Gasteiger partial charge is 0.483 e. The van der Waals surface area contributed by atoms with E-state index in [4.69, 9.17) is 9.72 Å². The molecule has 0 saturated carbocycles. The van der Waals surface area contributed by atoms with Gasteiger partial charge < -0.3 is 14.6 Å². The molecule has 3 aromatic carbocycles. The third-order valence-electron chi connectivity index (χ3n) is 6.31. The first-order chi connectivity index (χ1) is 16.6. The van der Waals surface area contributed by atoms with Crippen LogP contribution >= 0.6 is 0 Å². The topological polar surface area (TPSA) is 56.1 Å². The zero-order chi connectivity index (χ0) is 25.2. The van der Waals surface area contributed by atoms with Crippen LogP contribution in [0, 0.1) is 13.8 Å². The van der Waals surface area contributed by atoms with E-state index in [2.05, 4.69) is 61.0 Å². The first-order valence-electron chi connectivity index (χ1n) is 12.2. The van der Waals surface area contributed by atoms with Crippen molar-refractivity contribution in [2.45, 2.75) is 59.5 Å². The van der Waals surface area contributed by atoms with Crippen molar-refractivity contribution in [1.82, 2.24) is 14.9 Å². The number of hydrogen-bond donors (Lipinski definition) is 1. The number of amides is 1. The maximum Gasteiger partial charge on any atom is 0.258 e. The van der Waals surface area contributed by atoms with Gasteiger partial charge in [-0.1, -0.05) is 69.3 Å². The maximum absolute atomic E-state index is 12.7. The van der Waals surface area contributed by atoms with Gasteiger partial charge in [-0.2, -0.15) is 0 Å². The third kappa shape index (κ3) is 5.73. The van der Waals surface area contributed by atoms with Crippen molar-refractivity contribution in [2.75, 3.05) is 6.61 Å². The van der Waals surface area contributed by atoms with Crippen molar-refractivity contribution >= 4 is 16.9 Å². The lowest BCUT2D eigenvalue weighted by Crippen LogP contribution is -2.32. The lowest BCUT2D eigenvalue weighted by Gasteiger charge is -2.20. The minimum Gasteiger partial charge on any atom is -0.483 e. The molecular weight excluding hydrogens is 434 g/mol. The molecule has 5 heteroatoms. The summed E-state index contributed by atoms with van der Waals surface area (Å²) in [4.78, 5) is 17.6. The molecular formula is C30H35N3O2. The Hall–Kier alpha value is -3.60. The molecule has 0 bridgehead atoms. The average Bonchev–Trinajstić information content (AvgIpc) is 3.18. The minimum absolute atomic E-state index is 0.0386. The van der Waals surface area contributed by atoms with Gasteiger partial charge in [-0.25, -0.2) is 4.98 Å². The SMILES string of the molecule is Cc1ccc(C)c(OCC(=O)NC(C)c2nc3ccccc3n2Cc2ccc(C(C)(C)C)cc2)c1. The predicted octanol–water partition coefficient (Wildman–Crippen LogP) is 6.26. The normalized spacial score (nSPS) is 12.5. The van der Waals surface area contributed by atoms with Crippen molar-refractivity contribution in [1.29, 1.82) is 0 Å². The Balaban J connectivity index is 1.53. The number of imidazole rings is 1. The highest BCUT2D eigenvalue weighted by Gasteiger charge is 2.20. The fourth-order valence-electron chi connectivity index (χ4n) is 4.24. The highest BCUT2D eigenvalue weighted by atomic mass is 16.5. The van der Waals surface area contributed by atoms with Crippen LogP contribution in [-0.4, -0.2) is 22.1 Å². The van der Waals surface area contributed by atoms with Crippen molar-refractivity contribution < 1.29 is 9.53 Å². The lowest BCUT2D eigenvalue weighted by molar-refractivity contribution is -0.123. The molecule has 5 nitrogen and oxygen atoms in total. The quantitative estimate of drug-likeness (QED) is 0.348. The highest BCUT2D eigenvalue weighted by Crippen LogP contribution is 2.25. The standard InChI is InChI=1S/C30H35N3O2/c1-20-11-12-21(2)27(17-20)35-19-28(34)31-22(3)29-32-25-9-7-8-10-26(25)33(29)18-23-13-15-24(16-14-23)30(4,5)6/h7-17,22H,18-19H2,1-6H3,(H,31,34). The van der Waals surface area contributed by atoms with Crippen LogP contribution in [0.5, 0.6) is 5.75 Å². The van der Waals surface area contributed by atoms with Gasteiger partial charge in [0.1, 0.15) is 11.6 Å². The fraction of sp³-hybridized carbons (Fsp3) is 0.333. The van der Waals surface area contributed by atoms with Gasteiger partial charge in [0.15, 0.2) is 6.61 Å². The number of fused-ring (bicyclic) bond motifs is 1. The van der Waals surface area contributed by atoms with Gasteiger partial charge in [0.2, 0.25) is 0 Å². The number of nitrogens with zero attached hydrogens (tertiary/aromatic N) is 2. The lowest BCUT2D eigenvalue weighted by atomic mass is 9.87. The van der Waals surface area contributed by atoms with Crippen LogP contribution in [0.3, 0.4) is 0 Å². The van der Waals surface area contributed by atoms with Crippen LogP contribution in [0.15, 0.2) is 66.7 Å². The summed E-state index contributed by atoms with van der Waals surface area (Å²) in [6.45, 7) is 13.3. The summed E-state index contributed by atoms with van der Waals surface area (Å²) in [5, 5.41) is 3.07. The molecule has 1 heterocycles. The van der Waals surface area contributed by atoms with Crippen molar-refractivity contribution in [3.63, 3.8) is 0 Å². The molecule has 0 aliphatic carbocycles. The van der Waals surface area contributed by atoms with Crippen LogP contribution in [0.2, 0.25) is 0 Å². The van der Waals surface area contributed by atoms with E-state index in [1.807, 2.05) is 57.2 Å². The molecule has 182 valence electrons. The molecule has 0 aliphatic heterocycles. The van der Waals surface area contributed by atoms with Crippen LogP contribution in [-0.2, 0) is 16.8 Å². The maximum atomic E-state index is 12.7. The fourth-order valence-corrected chi connectivity index (χ4v) is 4.24. The van der Waals surface area contributed by atoms with E-state index in [1.54, 1.807) is 0 Å². The van der Waals surface area contributed by atoms with E-state index in [1.165, 1.54) is 11.1 Å². The number of hydrogen-bond acceptors (Lipinski definition) is 3. The summed E-state index contributed by atoms with van der Waals surface area (Å²) in [6, 6.07) is 22.6. The van der Waals surface area contributed by atoms with E-state index in [-0.39, 0.29) is 24.0 Å². The smallest absolute Gasteiger partial charge is 0.258 e. The average molecular weight is 470 g/mol. The number of benzene rings is 3. The van der Waals surface area contributed by atoms with E-state index < -0.39 is 0 Å². The first-order valence-corrected chi connectivity index (χ1v) is 12.2. The Morgan fingerprint density at radius 2 is 1.74 bits per heavy atom. The molecule has 0 saturated heterocycles. The summed E-state index contributed by atoms with van der Waals surface area (Å²) in [7, 11) is 0. The van der Waals surface area contributed by atoms with Crippen LogP contribution in [0.1, 0.15) is 61.8 Å². The van der Waals surface area contributed by atoms with Crippen molar-refractivity contribution in [3.05, 3.63) is 94.8 Å². The number of carbonyl (C=O) groups is 1. The Morgan fingerprint density at radius 1 is 1.03 bits per heavy atom. The molecule has 0 fully saturated rings. The molecule has 1 aromatic heterocycles. The second kappa shape index (κ2) is 9.95. The van der Waals surface area contributed by atoms with Crippen LogP contribution in [0.25, 0.3) is 11.0 Å². The summed E-state index contributed by atoms with van der Waals surface area (Å²) >= 11 is 0. The summed E-state index contributed by atoms with van der Waals surface area (Å²) in [5.41, 5.74) is 6.69. The van der Waals surface area contributed by atoms with E-state index in [0.717, 1.165) is 33.7 Å². The monoisotopic (exact) mass is 469 g/mol. The molecule has 0 radical (unpaired) electrons. The van der Waals surface area contributed by atoms with Crippen molar-refractivity contribution in [2.24, 2.45) is 0 Å². The summed E-state index contributed by atoms with van der Waals surface area (Å²) in [6.07, 6.45) is 0.